The average Bonchev–Trinajstić information content (AvgIpc) is 1.86. The van der Waals surface area contributed by atoms with Crippen LogP contribution in [0.4, 0.5) is 4.39 Å². The van der Waals surface area contributed by atoms with Gasteiger partial charge < -0.3 is 0 Å². The summed E-state index contributed by atoms with van der Waals surface area (Å²) in [6, 6.07) is 0. The quantitative estimate of drug-likeness (QED) is 0.524. The molecule has 1 heterocycles. The minimum atomic E-state index is -0.548. The van der Waals surface area contributed by atoms with Gasteiger partial charge in [0.15, 0.2) is 0 Å². The molecular formula is C9H18FN. The molecule has 0 radical (unpaired) electrons. The number of piperidine rings is 1. The lowest BCUT2D eigenvalue weighted by Crippen LogP contribution is -2.46. The average molecular weight is 159 g/mol. The van der Waals surface area contributed by atoms with Gasteiger partial charge in [-0.2, -0.15) is 0 Å². The second-order valence-corrected chi connectivity index (χ2v) is 4.33. The van der Waals surface area contributed by atoms with Crippen LogP contribution in [0.3, 0.4) is 0 Å². The van der Waals surface area contributed by atoms with E-state index in [0.29, 0.717) is 0 Å². The maximum absolute atomic E-state index is 12.7. The zero-order chi connectivity index (χ0) is 8.48. The molecule has 0 atom stereocenters. The summed E-state index contributed by atoms with van der Waals surface area (Å²) in [5, 5.41) is 0. The Labute approximate surface area is 68.6 Å². The van der Waals surface area contributed by atoms with Crippen LogP contribution in [0, 0.1) is 0 Å². The molecule has 0 aromatic heterocycles. The number of alkyl halides is 1. The molecule has 0 aliphatic carbocycles. The number of hydrogen-bond acceptors (Lipinski definition) is 1. The van der Waals surface area contributed by atoms with Crippen molar-refractivity contribution in [3.63, 3.8) is 0 Å². The molecule has 1 nitrogen and oxygen atoms in total. The third-order valence-corrected chi connectivity index (χ3v) is 2.37. The highest BCUT2D eigenvalue weighted by Crippen LogP contribution is 2.21. The summed E-state index contributed by atoms with van der Waals surface area (Å²) in [6.45, 7) is 8.40. The van der Waals surface area contributed by atoms with Crippen molar-refractivity contribution < 1.29 is 4.39 Å². The van der Waals surface area contributed by atoms with Crippen molar-refractivity contribution in [2.24, 2.45) is 0 Å². The van der Waals surface area contributed by atoms with Gasteiger partial charge >= 0.3 is 0 Å². The molecular weight excluding hydrogens is 141 g/mol. The van der Waals surface area contributed by atoms with Crippen LogP contribution in [0.1, 0.15) is 33.6 Å². The Balaban J connectivity index is 2.39. The summed E-state index contributed by atoms with van der Waals surface area (Å²) in [6.07, 6.45) is 0.891. The molecule has 66 valence electrons. The monoisotopic (exact) mass is 159 g/mol. The van der Waals surface area contributed by atoms with Gasteiger partial charge in [-0.15, -0.1) is 0 Å². The Morgan fingerprint density at radius 3 is 2.00 bits per heavy atom. The summed E-state index contributed by atoms with van der Waals surface area (Å²) in [5.41, 5.74) is 0.222. The molecule has 0 amide bonds. The van der Waals surface area contributed by atoms with E-state index in [1.165, 1.54) is 0 Å². The van der Waals surface area contributed by atoms with E-state index < -0.39 is 6.17 Å². The third-order valence-electron chi connectivity index (χ3n) is 2.37. The molecule has 1 saturated heterocycles. The van der Waals surface area contributed by atoms with Crippen molar-refractivity contribution in [2.45, 2.75) is 45.3 Å². The first-order valence-electron chi connectivity index (χ1n) is 4.39. The van der Waals surface area contributed by atoms with E-state index in [2.05, 4.69) is 25.7 Å². The molecule has 0 saturated carbocycles. The Morgan fingerprint density at radius 1 is 1.18 bits per heavy atom. The first-order chi connectivity index (χ1) is 5.00. The van der Waals surface area contributed by atoms with Gasteiger partial charge in [0.05, 0.1) is 0 Å². The fourth-order valence-corrected chi connectivity index (χ4v) is 1.52. The lowest BCUT2D eigenvalue weighted by molar-refractivity contribution is 0.0741. The van der Waals surface area contributed by atoms with Crippen LogP contribution in [0.25, 0.3) is 0 Å². The molecule has 1 aliphatic rings. The van der Waals surface area contributed by atoms with Crippen molar-refractivity contribution in [1.29, 1.82) is 0 Å². The predicted octanol–water partition coefficient (Wildman–Crippen LogP) is 2.22. The van der Waals surface area contributed by atoms with E-state index in [4.69, 9.17) is 0 Å². The maximum atomic E-state index is 12.7. The summed E-state index contributed by atoms with van der Waals surface area (Å²) in [5.74, 6) is 0. The minimum Gasteiger partial charge on any atom is -0.298 e. The lowest BCUT2D eigenvalue weighted by atomic mass is 10.0. The molecule has 1 rings (SSSR count). The molecule has 0 aromatic carbocycles. The van der Waals surface area contributed by atoms with Crippen LogP contribution < -0.4 is 0 Å². The molecule has 0 aromatic rings. The highest BCUT2D eigenvalue weighted by molar-refractivity contribution is 4.81. The Bertz CT molecular complexity index is 120. The molecule has 1 aliphatic heterocycles. The van der Waals surface area contributed by atoms with Crippen LogP contribution in [-0.4, -0.2) is 29.7 Å². The van der Waals surface area contributed by atoms with Gasteiger partial charge in [0.1, 0.15) is 6.17 Å². The van der Waals surface area contributed by atoms with Gasteiger partial charge in [0.25, 0.3) is 0 Å². The van der Waals surface area contributed by atoms with E-state index in [-0.39, 0.29) is 5.54 Å². The summed E-state index contributed by atoms with van der Waals surface area (Å²) < 4.78 is 12.7. The Hall–Kier alpha value is -0.110. The van der Waals surface area contributed by atoms with Crippen LogP contribution in [-0.2, 0) is 0 Å². The highest BCUT2D eigenvalue weighted by atomic mass is 19.1. The Morgan fingerprint density at radius 2 is 1.64 bits per heavy atom. The zero-order valence-electron chi connectivity index (χ0n) is 7.73. The van der Waals surface area contributed by atoms with Crippen molar-refractivity contribution in [3.05, 3.63) is 0 Å². The first kappa shape index (κ1) is 8.98. The number of halogens is 1. The lowest BCUT2D eigenvalue weighted by Gasteiger charge is -2.39. The molecule has 0 unspecified atom stereocenters. The van der Waals surface area contributed by atoms with Gasteiger partial charge in [-0.3, -0.25) is 4.90 Å². The van der Waals surface area contributed by atoms with E-state index >= 15 is 0 Å². The molecule has 11 heavy (non-hydrogen) atoms. The fourth-order valence-electron chi connectivity index (χ4n) is 1.52. The normalized spacial score (nSPS) is 24.0. The minimum absolute atomic E-state index is 0.222. The number of rotatable bonds is 0. The SMILES string of the molecule is CC(C)(C)N1CCC(F)CC1. The zero-order valence-corrected chi connectivity index (χ0v) is 7.73. The second-order valence-electron chi connectivity index (χ2n) is 4.33. The first-order valence-corrected chi connectivity index (χ1v) is 4.39. The van der Waals surface area contributed by atoms with Gasteiger partial charge in [-0.25, -0.2) is 4.39 Å². The largest absolute Gasteiger partial charge is 0.298 e. The van der Waals surface area contributed by atoms with Gasteiger partial charge in [0, 0.05) is 18.6 Å². The number of likely N-dealkylation sites (tertiary alicyclic amines) is 1. The van der Waals surface area contributed by atoms with E-state index in [1.807, 2.05) is 0 Å². The molecule has 0 bridgehead atoms. The summed E-state index contributed by atoms with van der Waals surface area (Å²) in [4.78, 5) is 2.35. The van der Waals surface area contributed by atoms with Gasteiger partial charge in [0.2, 0.25) is 0 Å². The smallest absolute Gasteiger partial charge is 0.103 e. The highest BCUT2D eigenvalue weighted by Gasteiger charge is 2.26. The van der Waals surface area contributed by atoms with Crippen molar-refractivity contribution in [3.8, 4) is 0 Å². The van der Waals surface area contributed by atoms with E-state index in [9.17, 15) is 4.39 Å². The van der Waals surface area contributed by atoms with Crippen LogP contribution in [0.5, 0.6) is 0 Å². The van der Waals surface area contributed by atoms with E-state index in [1.54, 1.807) is 0 Å². The van der Waals surface area contributed by atoms with Crippen molar-refractivity contribution >= 4 is 0 Å². The number of hydrogen-bond donors (Lipinski definition) is 0. The van der Waals surface area contributed by atoms with E-state index in [0.717, 1.165) is 25.9 Å². The van der Waals surface area contributed by atoms with Gasteiger partial charge in [-0.05, 0) is 33.6 Å². The molecule has 1 fully saturated rings. The van der Waals surface area contributed by atoms with Crippen LogP contribution in [0.15, 0.2) is 0 Å². The third kappa shape index (κ3) is 2.44. The number of nitrogens with zero attached hydrogens (tertiary/aromatic N) is 1. The molecule has 0 spiro atoms. The Kier molecular flexibility index (Phi) is 2.53. The molecule has 0 N–H and O–H groups in total. The van der Waals surface area contributed by atoms with Crippen LogP contribution in [0.2, 0.25) is 0 Å². The van der Waals surface area contributed by atoms with Crippen molar-refractivity contribution in [1.82, 2.24) is 4.90 Å². The topological polar surface area (TPSA) is 3.24 Å². The van der Waals surface area contributed by atoms with Crippen LogP contribution >= 0.6 is 0 Å². The fraction of sp³-hybridized carbons (Fsp3) is 1.00. The summed E-state index contributed by atoms with van der Waals surface area (Å²) in [7, 11) is 0. The standard InChI is InChI=1S/C9H18FN/c1-9(2,3)11-6-4-8(10)5-7-11/h8H,4-7H2,1-3H3. The van der Waals surface area contributed by atoms with Gasteiger partial charge in [-0.1, -0.05) is 0 Å². The molecule has 2 heteroatoms. The van der Waals surface area contributed by atoms with Crippen molar-refractivity contribution in [2.75, 3.05) is 13.1 Å². The summed E-state index contributed by atoms with van der Waals surface area (Å²) >= 11 is 0. The maximum Gasteiger partial charge on any atom is 0.103 e. The predicted molar refractivity (Wildman–Crippen MR) is 45.5 cm³/mol. The second kappa shape index (κ2) is 3.10.